The maximum atomic E-state index is 4.06. The van der Waals surface area contributed by atoms with Crippen molar-refractivity contribution in [3.63, 3.8) is 0 Å². The normalized spacial score (nSPS) is 25.8. The third-order valence-corrected chi connectivity index (χ3v) is 14.7. The molecule has 0 saturated carbocycles. The van der Waals surface area contributed by atoms with Gasteiger partial charge in [-0.2, -0.15) is 0 Å². The number of hydrogen-bond donors (Lipinski definition) is 2. The van der Waals surface area contributed by atoms with Crippen LogP contribution in [0.25, 0.3) is 5.57 Å². The van der Waals surface area contributed by atoms with Crippen LogP contribution in [0.3, 0.4) is 0 Å². The van der Waals surface area contributed by atoms with Gasteiger partial charge in [0.25, 0.3) is 0 Å². The highest BCUT2D eigenvalue weighted by atomic mass is 31.1. The molecule has 4 atom stereocenters. The Kier molecular flexibility index (Phi) is 9.68. The van der Waals surface area contributed by atoms with E-state index in [1.807, 2.05) is 0 Å². The first-order valence-electron chi connectivity index (χ1n) is 16.1. The molecular formula is C37H54N2P2. The van der Waals surface area contributed by atoms with Gasteiger partial charge in [0.2, 0.25) is 0 Å². The maximum absolute atomic E-state index is 4.06. The van der Waals surface area contributed by atoms with Crippen molar-refractivity contribution in [1.29, 1.82) is 0 Å². The number of hydrogen-bond acceptors (Lipinski definition) is 2. The van der Waals surface area contributed by atoms with Crippen LogP contribution in [0.1, 0.15) is 97.1 Å². The fourth-order valence-electron chi connectivity index (χ4n) is 7.95. The van der Waals surface area contributed by atoms with E-state index in [2.05, 4.69) is 128 Å². The van der Waals surface area contributed by atoms with E-state index in [1.54, 1.807) is 11.1 Å². The second-order valence-electron chi connectivity index (χ2n) is 14.6. The van der Waals surface area contributed by atoms with E-state index in [9.17, 15) is 0 Å². The number of allylic oxidation sites excluding steroid dienone is 3. The van der Waals surface area contributed by atoms with Crippen LogP contribution in [0, 0.1) is 0 Å². The minimum Gasteiger partial charge on any atom is -0.313 e. The van der Waals surface area contributed by atoms with E-state index < -0.39 is 0 Å². The lowest BCUT2D eigenvalue weighted by atomic mass is 9.75. The fraction of sp³-hybridized carbons (Fsp3) is 0.568. The molecule has 0 aromatic heterocycles. The van der Waals surface area contributed by atoms with Gasteiger partial charge in [0.1, 0.15) is 0 Å². The van der Waals surface area contributed by atoms with Gasteiger partial charge in [0.05, 0.1) is 0 Å². The zero-order valence-corrected chi connectivity index (χ0v) is 28.5. The topological polar surface area (TPSA) is 24.1 Å². The molecule has 2 heterocycles. The quantitative estimate of drug-likeness (QED) is 0.315. The number of benzene rings is 2. The van der Waals surface area contributed by atoms with Gasteiger partial charge in [-0.1, -0.05) is 129 Å². The molecule has 2 saturated heterocycles. The molecule has 0 amide bonds. The van der Waals surface area contributed by atoms with E-state index in [0.717, 1.165) is 13.1 Å². The molecule has 3 aliphatic rings. The predicted octanol–water partition coefficient (Wildman–Crippen LogP) is 9.14. The first kappa shape index (κ1) is 31.1. The summed E-state index contributed by atoms with van der Waals surface area (Å²) in [7, 11) is 3.22. The zero-order chi connectivity index (χ0) is 29.3. The van der Waals surface area contributed by atoms with E-state index in [4.69, 9.17) is 0 Å². The van der Waals surface area contributed by atoms with Crippen molar-refractivity contribution >= 4 is 22.7 Å². The first-order chi connectivity index (χ1) is 19.5. The average Bonchev–Trinajstić information content (AvgIpc) is 3.36. The van der Waals surface area contributed by atoms with E-state index >= 15 is 0 Å². The van der Waals surface area contributed by atoms with Crippen molar-refractivity contribution < 1.29 is 0 Å². The molecule has 4 unspecified atom stereocenters. The Hall–Kier alpha value is -1.30. The summed E-state index contributed by atoms with van der Waals surface area (Å²) in [6.45, 7) is 17.2. The second-order valence-corrected chi connectivity index (χ2v) is 19.4. The summed E-state index contributed by atoms with van der Waals surface area (Å²) in [5.74, 6) is 0.287. The largest absolute Gasteiger partial charge is 0.313 e. The van der Waals surface area contributed by atoms with Crippen LogP contribution in [0.2, 0.25) is 0 Å². The average molecular weight is 589 g/mol. The standard InChI is InChI=1S/C37H54N2P2/c1-35(2,3)41(36(4,5)6)26-30-31(37(40,32-21-13-15-23-38-32)33-22-14-16-24-39-33)25-29(27-17-9-7-10-18-27)34(30)28-19-11-8-12-20-28/h7-12,17-20,25,32-34,38-39H,13-16,21-24,26,40H2,1-6H3. The number of piperidine rings is 2. The number of nitrogens with one attached hydrogen (secondary N) is 2. The van der Waals surface area contributed by atoms with Crippen LogP contribution in [-0.4, -0.2) is 46.8 Å². The number of rotatable bonds is 7. The van der Waals surface area contributed by atoms with Gasteiger partial charge in [-0.05, 0) is 83.1 Å². The lowest BCUT2D eigenvalue weighted by molar-refractivity contribution is 0.263. The van der Waals surface area contributed by atoms with Crippen LogP contribution in [0.5, 0.6) is 0 Å². The molecular weight excluding hydrogens is 534 g/mol. The van der Waals surface area contributed by atoms with Gasteiger partial charge < -0.3 is 10.6 Å². The minimum atomic E-state index is -0.309. The van der Waals surface area contributed by atoms with Crippen molar-refractivity contribution in [2.75, 3.05) is 19.3 Å². The lowest BCUT2D eigenvalue weighted by Crippen LogP contribution is -2.61. The SMILES string of the molecule is CC(C)(C)P(CC1=C(C(P)(C2CCCCN2)C2CCCCN2)C=C(c2ccccc2)C1c1ccccc1)C(C)(C)C. The third kappa shape index (κ3) is 6.63. The Morgan fingerprint density at radius 2 is 1.24 bits per heavy atom. The highest BCUT2D eigenvalue weighted by Gasteiger charge is 2.49. The Labute approximate surface area is 254 Å². The Morgan fingerprint density at radius 1 is 0.732 bits per heavy atom. The van der Waals surface area contributed by atoms with Gasteiger partial charge in [-0.15, -0.1) is 9.24 Å². The van der Waals surface area contributed by atoms with Crippen LogP contribution < -0.4 is 10.6 Å². The molecule has 0 radical (unpaired) electrons. The van der Waals surface area contributed by atoms with Gasteiger partial charge in [-0.3, -0.25) is 0 Å². The summed E-state index contributed by atoms with van der Waals surface area (Å²) in [6.07, 6.45) is 11.6. The molecule has 4 heteroatoms. The summed E-state index contributed by atoms with van der Waals surface area (Å²) < 4.78 is 0. The summed E-state index contributed by atoms with van der Waals surface area (Å²) in [6, 6.07) is 23.6. The first-order valence-corrected chi connectivity index (χ1v) is 18.2. The van der Waals surface area contributed by atoms with Gasteiger partial charge in [0.15, 0.2) is 0 Å². The molecule has 222 valence electrons. The highest BCUT2D eigenvalue weighted by Crippen LogP contribution is 2.64. The molecule has 41 heavy (non-hydrogen) atoms. The Bertz CT molecular complexity index is 1180. The molecule has 2 nitrogen and oxygen atoms in total. The van der Waals surface area contributed by atoms with Crippen molar-refractivity contribution in [2.45, 2.75) is 114 Å². The van der Waals surface area contributed by atoms with Crippen LogP contribution in [0.4, 0.5) is 0 Å². The molecule has 5 rings (SSSR count). The fourth-order valence-corrected chi connectivity index (χ4v) is 12.4. The second kappa shape index (κ2) is 12.7. The highest BCUT2D eigenvalue weighted by molar-refractivity contribution is 7.61. The molecule has 2 N–H and O–H groups in total. The predicted molar refractivity (Wildman–Crippen MR) is 186 cm³/mol. The molecule has 0 bridgehead atoms. The van der Waals surface area contributed by atoms with Crippen molar-refractivity contribution in [3.8, 4) is 0 Å². The van der Waals surface area contributed by atoms with Crippen molar-refractivity contribution in [3.05, 3.63) is 89.0 Å². The third-order valence-electron chi connectivity index (χ3n) is 9.73. The summed E-state index contributed by atoms with van der Waals surface area (Å²) in [5.41, 5.74) is 7.57. The minimum absolute atomic E-state index is 0.0451. The molecule has 2 fully saturated rings. The van der Waals surface area contributed by atoms with Crippen molar-refractivity contribution in [1.82, 2.24) is 10.6 Å². The zero-order valence-electron chi connectivity index (χ0n) is 26.5. The molecule has 0 spiro atoms. The lowest BCUT2D eigenvalue weighted by Gasteiger charge is -2.49. The van der Waals surface area contributed by atoms with Gasteiger partial charge >= 0.3 is 0 Å². The monoisotopic (exact) mass is 588 g/mol. The smallest absolute Gasteiger partial charge is 0.0402 e. The van der Waals surface area contributed by atoms with Gasteiger partial charge in [0, 0.05) is 23.2 Å². The van der Waals surface area contributed by atoms with Crippen LogP contribution in [-0.2, 0) is 0 Å². The summed E-state index contributed by atoms with van der Waals surface area (Å²) in [4.78, 5) is 0. The van der Waals surface area contributed by atoms with Crippen LogP contribution in [0.15, 0.2) is 77.9 Å². The molecule has 2 aromatic rings. The van der Waals surface area contributed by atoms with E-state index in [0.29, 0.717) is 12.1 Å². The van der Waals surface area contributed by atoms with E-state index in [1.165, 1.54) is 61.4 Å². The molecule has 2 aromatic carbocycles. The van der Waals surface area contributed by atoms with Gasteiger partial charge in [-0.25, -0.2) is 0 Å². The van der Waals surface area contributed by atoms with E-state index in [-0.39, 0.29) is 29.3 Å². The molecule has 1 aliphatic carbocycles. The molecule has 2 aliphatic heterocycles. The summed E-state index contributed by atoms with van der Waals surface area (Å²) in [5, 5.41) is 8.60. The maximum Gasteiger partial charge on any atom is 0.0402 e. The Balaban J connectivity index is 1.77. The van der Waals surface area contributed by atoms with Crippen LogP contribution >= 0.6 is 17.2 Å². The van der Waals surface area contributed by atoms with Crippen molar-refractivity contribution in [2.24, 2.45) is 0 Å². The Morgan fingerprint density at radius 3 is 1.71 bits per heavy atom. The summed E-state index contributed by atoms with van der Waals surface area (Å²) >= 11 is 0.